The number of para-hydroxylation sites is 1. The first-order valence-electron chi connectivity index (χ1n) is 11.5. The Morgan fingerprint density at radius 3 is 2.82 bits per heavy atom. The quantitative estimate of drug-likeness (QED) is 0.480. The summed E-state index contributed by atoms with van der Waals surface area (Å²) in [6.07, 6.45) is 2.69. The van der Waals surface area contributed by atoms with Crippen LogP contribution in [0.25, 0.3) is 21.7 Å². The number of pyridine rings is 1. The Balaban J connectivity index is 1.66. The van der Waals surface area contributed by atoms with E-state index in [1.165, 1.54) is 10.4 Å². The number of nitrogens with zero attached hydrogens (tertiary/aromatic N) is 3. The number of amides is 1. The molecule has 0 aliphatic carbocycles. The highest BCUT2D eigenvalue weighted by molar-refractivity contribution is 7.13. The van der Waals surface area contributed by atoms with Crippen LogP contribution in [0, 0.1) is 6.92 Å². The van der Waals surface area contributed by atoms with E-state index >= 15 is 0 Å². The summed E-state index contributed by atoms with van der Waals surface area (Å²) >= 11 is 1.69. The van der Waals surface area contributed by atoms with Crippen LogP contribution in [0.4, 0.5) is 5.82 Å². The van der Waals surface area contributed by atoms with Gasteiger partial charge >= 0.3 is 0 Å². The van der Waals surface area contributed by atoms with Crippen LogP contribution in [0.3, 0.4) is 0 Å². The van der Waals surface area contributed by atoms with Crippen molar-refractivity contribution in [3.8, 4) is 27.4 Å². The number of phenolic OH excluding ortho intramolecular Hbond substituents is 1. The van der Waals surface area contributed by atoms with Crippen molar-refractivity contribution in [2.45, 2.75) is 32.2 Å². The minimum atomic E-state index is -0.228. The smallest absolute Gasteiger partial charge is 0.242 e. The Hall–Kier alpha value is -2.90. The fourth-order valence-electron chi connectivity index (χ4n) is 4.33. The fourth-order valence-corrected chi connectivity index (χ4v) is 5.25. The van der Waals surface area contributed by atoms with Crippen molar-refractivity contribution in [1.82, 2.24) is 15.2 Å². The number of aryl methyl sites for hydroxylation is 1. The highest BCUT2D eigenvalue weighted by Gasteiger charge is 2.32. The Morgan fingerprint density at radius 2 is 2.09 bits per heavy atom. The van der Waals surface area contributed by atoms with E-state index in [4.69, 9.17) is 4.98 Å². The number of rotatable bonds is 8. The molecule has 1 aliphatic rings. The van der Waals surface area contributed by atoms with Gasteiger partial charge in [-0.25, -0.2) is 4.98 Å². The molecule has 2 N–H and O–H groups in total. The van der Waals surface area contributed by atoms with Crippen LogP contribution in [-0.4, -0.2) is 60.7 Å². The zero-order valence-corrected chi connectivity index (χ0v) is 20.4. The maximum atomic E-state index is 13.0. The first-order valence-corrected chi connectivity index (χ1v) is 12.4. The zero-order valence-electron chi connectivity index (χ0n) is 19.5. The van der Waals surface area contributed by atoms with Gasteiger partial charge in [0.2, 0.25) is 5.91 Å². The van der Waals surface area contributed by atoms with E-state index in [2.05, 4.69) is 39.6 Å². The molecule has 0 bridgehead atoms. The van der Waals surface area contributed by atoms with E-state index in [9.17, 15) is 9.90 Å². The summed E-state index contributed by atoms with van der Waals surface area (Å²) in [6, 6.07) is 13.3. The number of benzene rings is 1. The van der Waals surface area contributed by atoms with Crippen molar-refractivity contribution in [2.24, 2.45) is 0 Å². The van der Waals surface area contributed by atoms with Gasteiger partial charge in [-0.15, -0.1) is 11.3 Å². The molecule has 0 spiro atoms. The van der Waals surface area contributed by atoms with Gasteiger partial charge in [0.15, 0.2) is 0 Å². The summed E-state index contributed by atoms with van der Waals surface area (Å²) < 4.78 is 0. The van der Waals surface area contributed by atoms with Crippen molar-refractivity contribution < 1.29 is 9.90 Å². The van der Waals surface area contributed by atoms with Gasteiger partial charge in [-0.05, 0) is 93.7 Å². The Kier molecular flexibility index (Phi) is 7.30. The molecule has 6 nitrogen and oxygen atoms in total. The molecule has 1 saturated heterocycles. The Labute approximate surface area is 199 Å². The van der Waals surface area contributed by atoms with Crippen LogP contribution in [0.2, 0.25) is 0 Å². The van der Waals surface area contributed by atoms with Crippen molar-refractivity contribution in [2.75, 3.05) is 38.6 Å². The average molecular weight is 465 g/mol. The molecule has 4 rings (SSSR count). The van der Waals surface area contributed by atoms with E-state index < -0.39 is 0 Å². The van der Waals surface area contributed by atoms with E-state index in [0.29, 0.717) is 17.8 Å². The maximum Gasteiger partial charge on any atom is 0.242 e. The molecule has 33 heavy (non-hydrogen) atoms. The summed E-state index contributed by atoms with van der Waals surface area (Å²) in [5.74, 6) is 1.05. The molecule has 7 heteroatoms. The fraction of sp³-hybridized carbons (Fsp3) is 0.385. The number of carbonyl (C=O) groups is 1. The van der Waals surface area contributed by atoms with Gasteiger partial charge in [0.05, 0.1) is 5.69 Å². The second-order valence-electron chi connectivity index (χ2n) is 8.85. The molecular weight excluding hydrogens is 432 g/mol. The largest absolute Gasteiger partial charge is 0.507 e. The summed E-state index contributed by atoms with van der Waals surface area (Å²) in [6.45, 7) is 4.51. The lowest BCUT2D eigenvalue weighted by Gasteiger charge is -2.26. The summed E-state index contributed by atoms with van der Waals surface area (Å²) in [4.78, 5) is 23.4. The predicted octanol–water partition coefficient (Wildman–Crippen LogP) is 4.53. The van der Waals surface area contributed by atoms with Gasteiger partial charge in [0.1, 0.15) is 17.6 Å². The predicted molar refractivity (Wildman–Crippen MR) is 136 cm³/mol. The standard InChI is InChI=1S/C26H32N4O2S/c1-18-11-15-33-25(18)19-16-21(20-8-4-5-10-23(20)31)28-24(17-19)30-14-6-9-22(30)26(32)27-12-7-13-29(2)3/h4-5,8,10-11,15-17,22,31H,6-7,9,12-14H2,1-3H3,(H,27,32)/t22-/m0/s1. The maximum absolute atomic E-state index is 13.0. The van der Waals surface area contributed by atoms with Crippen LogP contribution >= 0.6 is 11.3 Å². The molecule has 2 aromatic heterocycles. The number of phenols is 1. The number of aromatic hydroxyl groups is 1. The van der Waals surface area contributed by atoms with Crippen molar-refractivity contribution in [3.05, 3.63) is 53.4 Å². The Morgan fingerprint density at radius 1 is 1.27 bits per heavy atom. The lowest BCUT2D eigenvalue weighted by Crippen LogP contribution is -2.44. The summed E-state index contributed by atoms with van der Waals surface area (Å²) in [5.41, 5.74) is 3.67. The third-order valence-electron chi connectivity index (χ3n) is 6.05. The second-order valence-corrected chi connectivity index (χ2v) is 9.76. The number of anilines is 1. The first-order chi connectivity index (χ1) is 15.9. The van der Waals surface area contributed by atoms with E-state index in [1.807, 2.05) is 38.4 Å². The van der Waals surface area contributed by atoms with Crippen LogP contribution in [0.1, 0.15) is 24.8 Å². The summed E-state index contributed by atoms with van der Waals surface area (Å²) in [5, 5.41) is 15.7. The molecule has 1 amide bonds. The molecule has 1 fully saturated rings. The van der Waals surface area contributed by atoms with Crippen LogP contribution in [0.15, 0.2) is 47.8 Å². The number of hydrogen-bond donors (Lipinski definition) is 2. The molecule has 3 heterocycles. The monoisotopic (exact) mass is 464 g/mol. The SMILES string of the molecule is Cc1ccsc1-c1cc(-c2ccccc2O)nc(N2CCC[C@H]2C(=O)NCCCN(C)C)c1. The zero-order chi connectivity index (χ0) is 23.4. The van der Waals surface area contributed by atoms with Gasteiger partial charge in [-0.3, -0.25) is 4.79 Å². The number of carbonyl (C=O) groups excluding carboxylic acids is 1. The lowest BCUT2D eigenvalue weighted by molar-refractivity contribution is -0.122. The van der Waals surface area contributed by atoms with E-state index in [-0.39, 0.29) is 17.7 Å². The normalized spacial score (nSPS) is 15.9. The number of thiophene rings is 1. The molecule has 0 unspecified atom stereocenters. The molecule has 0 radical (unpaired) electrons. The van der Waals surface area contributed by atoms with Crippen molar-refractivity contribution in [1.29, 1.82) is 0 Å². The van der Waals surface area contributed by atoms with Crippen LogP contribution in [0.5, 0.6) is 5.75 Å². The van der Waals surface area contributed by atoms with Crippen molar-refractivity contribution in [3.63, 3.8) is 0 Å². The van der Waals surface area contributed by atoms with Crippen molar-refractivity contribution >= 4 is 23.1 Å². The molecule has 1 aliphatic heterocycles. The van der Waals surface area contributed by atoms with Gasteiger partial charge < -0.3 is 20.2 Å². The molecule has 1 atom stereocenters. The number of aromatic nitrogens is 1. The molecule has 3 aromatic rings. The molecule has 1 aromatic carbocycles. The van der Waals surface area contributed by atoms with E-state index in [1.54, 1.807) is 17.4 Å². The molecule has 174 valence electrons. The van der Waals surface area contributed by atoms with Crippen LogP contribution < -0.4 is 10.2 Å². The average Bonchev–Trinajstić information content (AvgIpc) is 3.46. The van der Waals surface area contributed by atoms with Crippen LogP contribution in [-0.2, 0) is 4.79 Å². The van der Waals surface area contributed by atoms with Gasteiger partial charge in [0.25, 0.3) is 0 Å². The third-order valence-corrected chi connectivity index (χ3v) is 7.11. The topological polar surface area (TPSA) is 68.7 Å². The van der Waals surface area contributed by atoms with E-state index in [0.717, 1.165) is 43.7 Å². The third kappa shape index (κ3) is 5.37. The number of nitrogens with one attached hydrogen (secondary N) is 1. The highest BCUT2D eigenvalue weighted by atomic mass is 32.1. The summed E-state index contributed by atoms with van der Waals surface area (Å²) in [7, 11) is 4.08. The Bertz CT molecular complexity index is 1110. The minimum Gasteiger partial charge on any atom is -0.507 e. The minimum absolute atomic E-state index is 0.0647. The van der Waals surface area contributed by atoms with Gasteiger partial charge in [-0.1, -0.05) is 12.1 Å². The number of hydrogen-bond acceptors (Lipinski definition) is 6. The van der Waals surface area contributed by atoms with Gasteiger partial charge in [0, 0.05) is 23.5 Å². The second kappa shape index (κ2) is 10.4. The van der Waals surface area contributed by atoms with Gasteiger partial charge in [-0.2, -0.15) is 0 Å². The highest BCUT2D eigenvalue weighted by Crippen LogP contribution is 2.37. The first kappa shape index (κ1) is 23.3. The lowest BCUT2D eigenvalue weighted by atomic mass is 10.1. The molecular formula is C26H32N4O2S. The molecule has 0 saturated carbocycles.